The monoisotopic (exact) mass is 330 g/mol. The van der Waals surface area contributed by atoms with Crippen molar-refractivity contribution in [1.82, 2.24) is 5.16 Å². The molecule has 1 saturated heterocycles. The number of nitrogens with zero attached hydrogens (tertiary/aromatic N) is 2. The zero-order valence-electron chi connectivity index (χ0n) is 13.4. The Bertz CT molecular complexity index is 723. The van der Waals surface area contributed by atoms with E-state index in [0.29, 0.717) is 23.6 Å². The molecule has 0 bridgehead atoms. The molecule has 0 saturated carbocycles. The predicted molar refractivity (Wildman–Crippen MR) is 84.6 cm³/mol. The van der Waals surface area contributed by atoms with E-state index in [0.717, 1.165) is 18.7 Å². The van der Waals surface area contributed by atoms with E-state index in [1.807, 2.05) is 12.1 Å². The maximum atomic E-state index is 11.7. The topological polar surface area (TPSA) is 81.9 Å². The second-order valence-electron chi connectivity index (χ2n) is 5.52. The van der Waals surface area contributed by atoms with E-state index in [-0.39, 0.29) is 19.1 Å². The fourth-order valence-electron chi connectivity index (χ4n) is 2.47. The molecule has 7 heteroatoms. The van der Waals surface area contributed by atoms with Crippen LogP contribution in [0.4, 0.5) is 5.69 Å². The van der Waals surface area contributed by atoms with E-state index in [9.17, 15) is 9.59 Å². The molecule has 0 N–H and O–H groups in total. The van der Waals surface area contributed by atoms with Crippen LogP contribution in [0.25, 0.3) is 0 Å². The molecule has 0 spiro atoms. The van der Waals surface area contributed by atoms with Gasteiger partial charge in [0, 0.05) is 24.7 Å². The summed E-state index contributed by atoms with van der Waals surface area (Å²) in [4.78, 5) is 25.1. The molecule has 1 fully saturated rings. The summed E-state index contributed by atoms with van der Waals surface area (Å²) in [6, 6.07) is 8.78. The fraction of sp³-hybridized carbons (Fsp3) is 0.353. The van der Waals surface area contributed by atoms with Gasteiger partial charge >= 0.3 is 5.97 Å². The van der Waals surface area contributed by atoms with Gasteiger partial charge in [0.05, 0.1) is 0 Å². The Labute approximate surface area is 139 Å². The zero-order valence-corrected chi connectivity index (χ0v) is 13.4. The van der Waals surface area contributed by atoms with Crippen LogP contribution in [0.15, 0.2) is 34.9 Å². The molecular weight excluding hydrogens is 312 g/mol. The van der Waals surface area contributed by atoms with Crippen LogP contribution in [0, 0.1) is 6.92 Å². The number of aromatic nitrogens is 1. The lowest BCUT2D eigenvalue weighted by molar-refractivity contribution is -0.147. The maximum Gasteiger partial charge on any atom is 0.344 e. The van der Waals surface area contributed by atoms with Crippen LogP contribution in [0.5, 0.6) is 5.75 Å². The average molecular weight is 330 g/mol. The number of amides is 1. The van der Waals surface area contributed by atoms with Crippen molar-refractivity contribution < 1.29 is 23.6 Å². The standard InChI is InChI=1S/C17H18N2O5/c1-12-9-13(18-24-12)10-23-17(21)11-22-15-6-4-14(5-7-15)19-8-2-3-16(19)20/h4-7,9H,2-3,8,10-11H2,1H3. The molecule has 2 heterocycles. The van der Waals surface area contributed by atoms with Gasteiger partial charge in [-0.15, -0.1) is 0 Å². The largest absolute Gasteiger partial charge is 0.482 e. The molecule has 0 atom stereocenters. The lowest BCUT2D eigenvalue weighted by Crippen LogP contribution is -2.23. The minimum Gasteiger partial charge on any atom is -0.482 e. The summed E-state index contributed by atoms with van der Waals surface area (Å²) in [7, 11) is 0. The minimum absolute atomic E-state index is 0.0511. The van der Waals surface area contributed by atoms with Crippen molar-refractivity contribution in [3.05, 3.63) is 41.8 Å². The molecule has 126 valence electrons. The highest BCUT2D eigenvalue weighted by Gasteiger charge is 2.21. The molecular formula is C17H18N2O5. The number of carbonyl (C=O) groups is 2. The van der Waals surface area contributed by atoms with Gasteiger partial charge in [-0.2, -0.15) is 0 Å². The van der Waals surface area contributed by atoms with Crippen LogP contribution in [-0.4, -0.2) is 30.2 Å². The van der Waals surface area contributed by atoms with Gasteiger partial charge in [0.1, 0.15) is 23.8 Å². The summed E-state index contributed by atoms with van der Waals surface area (Å²) in [5, 5.41) is 3.73. The summed E-state index contributed by atoms with van der Waals surface area (Å²) < 4.78 is 15.3. The summed E-state index contributed by atoms with van der Waals surface area (Å²) >= 11 is 0. The van der Waals surface area contributed by atoms with Crippen LogP contribution < -0.4 is 9.64 Å². The molecule has 2 aromatic rings. The molecule has 1 aromatic carbocycles. The molecule has 0 unspecified atom stereocenters. The highest BCUT2D eigenvalue weighted by molar-refractivity contribution is 5.95. The lowest BCUT2D eigenvalue weighted by Gasteiger charge is -2.16. The number of hydrogen-bond donors (Lipinski definition) is 0. The Hall–Kier alpha value is -2.83. The van der Waals surface area contributed by atoms with Gasteiger partial charge in [-0.05, 0) is 37.6 Å². The van der Waals surface area contributed by atoms with Crippen LogP contribution in [0.2, 0.25) is 0 Å². The Morgan fingerprint density at radius 3 is 2.75 bits per heavy atom. The van der Waals surface area contributed by atoms with Gasteiger partial charge in [0.25, 0.3) is 0 Å². The first-order valence-electron chi connectivity index (χ1n) is 7.73. The third-order valence-electron chi connectivity index (χ3n) is 3.64. The third kappa shape index (κ3) is 3.92. The number of ether oxygens (including phenoxy) is 2. The second-order valence-corrected chi connectivity index (χ2v) is 5.52. The summed E-state index contributed by atoms with van der Waals surface area (Å²) in [5.74, 6) is 0.846. The van der Waals surface area contributed by atoms with E-state index in [1.165, 1.54) is 0 Å². The number of rotatable bonds is 6. The number of aryl methyl sites for hydroxylation is 1. The SMILES string of the molecule is Cc1cc(COC(=O)COc2ccc(N3CCCC3=O)cc2)no1. The Morgan fingerprint density at radius 1 is 1.33 bits per heavy atom. The summed E-state index contributed by atoms with van der Waals surface area (Å²) in [5.41, 5.74) is 1.40. The highest BCUT2D eigenvalue weighted by atomic mass is 16.6. The summed E-state index contributed by atoms with van der Waals surface area (Å²) in [6.45, 7) is 2.36. The molecule has 1 aliphatic rings. The van der Waals surface area contributed by atoms with Crippen molar-refractivity contribution >= 4 is 17.6 Å². The molecule has 7 nitrogen and oxygen atoms in total. The third-order valence-corrected chi connectivity index (χ3v) is 3.64. The first-order chi connectivity index (χ1) is 11.6. The van der Waals surface area contributed by atoms with E-state index in [1.54, 1.807) is 30.0 Å². The van der Waals surface area contributed by atoms with Crippen molar-refractivity contribution in [1.29, 1.82) is 0 Å². The number of anilines is 1. The van der Waals surface area contributed by atoms with E-state index in [4.69, 9.17) is 14.0 Å². The van der Waals surface area contributed by atoms with Crippen molar-refractivity contribution in [2.24, 2.45) is 0 Å². The van der Waals surface area contributed by atoms with Gasteiger partial charge in [0.2, 0.25) is 5.91 Å². The molecule has 0 aliphatic carbocycles. The lowest BCUT2D eigenvalue weighted by atomic mass is 10.3. The Kier molecular flexibility index (Phi) is 4.79. The first-order valence-corrected chi connectivity index (χ1v) is 7.73. The zero-order chi connectivity index (χ0) is 16.9. The first kappa shape index (κ1) is 16.0. The van der Waals surface area contributed by atoms with Crippen molar-refractivity contribution in [2.75, 3.05) is 18.1 Å². The van der Waals surface area contributed by atoms with Gasteiger partial charge in [-0.3, -0.25) is 4.79 Å². The molecule has 1 amide bonds. The van der Waals surface area contributed by atoms with Gasteiger partial charge in [-0.1, -0.05) is 5.16 Å². The molecule has 1 aromatic heterocycles. The van der Waals surface area contributed by atoms with Crippen molar-refractivity contribution in [3.8, 4) is 5.75 Å². The fourth-order valence-corrected chi connectivity index (χ4v) is 2.47. The van der Waals surface area contributed by atoms with Crippen LogP contribution in [0.3, 0.4) is 0 Å². The average Bonchev–Trinajstić information content (AvgIpc) is 3.20. The van der Waals surface area contributed by atoms with E-state index in [2.05, 4.69) is 5.16 Å². The number of esters is 1. The van der Waals surface area contributed by atoms with Gasteiger partial charge in [-0.25, -0.2) is 4.79 Å². The molecule has 3 rings (SSSR count). The van der Waals surface area contributed by atoms with Crippen molar-refractivity contribution in [3.63, 3.8) is 0 Å². The normalized spacial score (nSPS) is 14.0. The maximum absolute atomic E-state index is 11.7. The Balaban J connectivity index is 1.46. The van der Waals surface area contributed by atoms with Crippen LogP contribution in [-0.2, 0) is 20.9 Å². The quantitative estimate of drug-likeness (QED) is 0.756. The van der Waals surface area contributed by atoms with Crippen LogP contribution in [0.1, 0.15) is 24.3 Å². The highest BCUT2D eigenvalue weighted by Crippen LogP contribution is 2.23. The van der Waals surface area contributed by atoms with Gasteiger partial charge < -0.3 is 18.9 Å². The predicted octanol–water partition coefficient (Wildman–Crippen LogP) is 2.23. The molecule has 0 radical (unpaired) electrons. The molecule has 1 aliphatic heterocycles. The number of carbonyl (C=O) groups excluding carboxylic acids is 2. The number of hydrogen-bond acceptors (Lipinski definition) is 6. The van der Waals surface area contributed by atoms with Crippen LogP contribution >= 0.6 is 0 Å². The smallest absolute Gasteiger partial charge is 0.344 e. The Morgan fingerprint density at radius 2 is 2.12 bits per heavy atom. The minimum atomic E-state index is -0.491. The summed E-state index contributed by atoms with van der Waals surface area (Å²) in [6.07, 6.45) is 1.48. The second kappa shape index (κ2) is 7.16. The van der Waals surface area contributed by atoms with Gasteiger partial charge in [0.15, 0.2) is 6.61 Å². The molecule has 24 heavy (non-hydrogen) atoms. The van der Waals surface area contributed by atoms with E-state index < -0.39 is 5.97 Å². The van der Waals surface area contributed by atoms with E-state index >= 15 is 0 Å². The van der Waals surface area contributed by atoms with Crippen molar-refractivity contribution in [2.45, 2.75) is 26.4 Å². The number of benzene rings is 1.